The van der Waals surface area contributed by atoms with Crippen molar-refractivity contribution in [2.24, 2.45) is 0 Å². The van der Waals surface area contributed by atoms with Crippen molar-refractivity contribution in [2.45, 2.75) is 26.7 Å². The maximum Gasteiger partial charge on any atom is 0.173 e. The average Bonchev–Trinajstić information content (AvgIpc) is 2.47. The van der Waals surface area contributed by atoms with Crippen LogP contribution in [-0.2, 0) is 0 Å². The Bertz CT molecular complexity index is 455. The molecule has 20 heavy (non-hydrogen) atoms. The second-order valence-corrected chi connectivity index (χ2v) is 4.88. The molecule has 0 atom stereocenters. The molecule has 0 spiro atoms. The molecular weight excluding hydrogens is 254 g/mol. The quantitative estimate of drug-likeness (QED) is 0.718. The molecule has 1 heterocycles. The molecule has 4 nitrogen and oxygen atoms in total. The minimum atomic E-state index is 0.116. The van der Waals surface area contributed by atoms with Crippen molar-refractivity contribution in [3.8, 4) is 11.5 Å². The zero-order valence-corrected chi connectivity index (χ0v) is 12.4. The number of ketones is 1. The molecule has 2 rings (SSSR count). The van der Waals surface area contributed by atoms with E-state index in [2.05, 4.69) is 18.7 Å². The van der Waals surface area contributed by atoms with Gasteiger partial charge in [0.2, 0.25) is 0 Å². The van der Waals surface area contributed by atoms with Crippen LogP contribution in [0.1, 0.15) is 37.0 Å². The van der Waals surface area contributed by atoms with Gasteiger partial charge in [0.05, 0.1) is 13.2 Å². The fourth-order valence-electron chi connectivity index (χ4n) is 2.42. The Labute approximate surface area is 120 Å². The SMILES string of the molecule is CCN(CC)CCCOc1cccc2c1C(=O)CCO2. The third-order valence-electron chi connectivity index (χ3n) is 3.62. The lowest BCUT2D eigenvalue weighted by Gasteiger charge is -2.20. The Morgan fingerprint density at radius 1 is 1.30 bits per heavy atom. The largest absolute Gasteiger partial charge is 0.493 e. The van der Waals surface area contributed by atoms with Gasteiger partial charge >= 0.3 is 0 Å². The number of carbonyl (C=O) groups excluding carboxylic acids is 1. The lowest BCUT2D eigenvalue weighted by Crippen LogP contribution is -2.25. The summed E-state index contributed by atoms with van der Waals surface area (Å²) in [5.74, 6) is 1.43. The third-order valence-corrected chi connectivity index (χ3v) is 3.62. The van der Waals surface area contributed by atoms with Crippen molar-refractivity contribution in [3.05, 3.63) is 23.8 Å². The summed E-state index contributed by atoms with van der Waals surface area (Å²) in [5.41, 5.74) is 0.613. The molecule has 0 bridgehead atoms. The predicted octanol–water partition coefficient (Wildman–Crippen LogP) is 2.76. The van der Waals surface area contributed by atoms with Crippen molar-refractivity contribution < 1.29 is 14.3 Å². The van der Waals surface area contributed by atoms with Crippen LogP contribution in [-0.4, -0.2) is 43.5 Å². The van der Waals surface area contributed by atoms with E-state index >= 15 is 0 Å². The van der Waals surface area contributed by atoms with Crippen molar-refractivity contribution in [1.29, 1.82) is 0 Å². The molecule has 0 fully saturated rings. The molecule has 1 aliphatic heterocycles. The third kappa shape index (κ3) is 3.51. The lowest BCUT2D eigenvalue weighted by molar-refractivity contribution is 0.0927. The van der Waals surface area contributed by atoms with Crippen LogP contribution in [0.2, 0.25) is 0 Å². The zero-order chi connectivity index (χ0) is 14.4. The van der Waals surface area contributed by atoms with Gasteiger partial charge in [0.25, 0.3) is 0 Å². The second-order valence-electron chi connectivity index (χ2n) is 4.88. The number of hydrogen-bond acceptors (Lipinski definition) is 4. The van der Waals surface area contributed by atoms with Gasteiger partial charge in [-0.2, -0.15) is 0 Å². The second kappa shape index (κ2) is 7.29. The molecular formula is C16H23NO3. The van der Waals surface area contributed by atoms with Gasteiger partial charge in [-0.3, -0.25) is 4.79 Å². The monoisotopic (exact) mass is 277 g/mol. The van der Waals surface area contributed by atoms with E-state index in [9.17, 15) is 4.79 Å². The van der Waals surface area contributed by atoms with E-state index in [1.165, 1.54) is 0 Å². The smallest absolute Gasteiger partial charge is 0.173 e. The molecule has 0 unspecified atom stereocenters. The summed E-state index contributed by atoms with van der Waals surface area (Å²) >= 11 is 0. The number of Topliss-reactive ketones (excluding diaryl/α,β-unsaturated/α-hetero) is 1. The zero-order valence-electron chi connectivity index (χ0n) is 12.4. The Morgan fingerprint density at radius 3 is 2.85 bits per heavy atom. The fourth-order valence-corrected chi connectivity index (χ4v) is 2.42. The highest BCUT2D eigenvalue weighted by Crippen LogP contribution is 2.32. The average molecular weight is 277 g/mol. The van der Waals surface area contributed by atoms with Gasteiger partial charge < -0.3 is 14.4 Å². The first kappa shape index (κ1) is 14.9. The molecule has 0 radical (unpaired) electrons. The highest BCUT2D eigenvalue weighted by Gasteiger charge is 2.22. The molecule has 1 aliphatic rings. The van der Waals surface area contributed by atoms with E-state index in [-0.39, 0.29) is 5.78 Å². The maximum atomic E-state index is 12.0. The van der Waals surface area contributed by atoms with Gasteiger partial charge in [-0.1, -0.05) is 19.9 Å². The lowest BCUT2D eigenvalue weighted by atomic mass is 10.0. The molecule has 0 saturated carbocycles. The van der Waals surface area contributed by atoms with Crippen LogP contribution >= 0.6 is 0 Å². The minimum absolute atomic E-state index is 0.116. The maximum absolute atomic E-state index is 12.0. The van der Waals surface area contributed by atoms with Crippen LogP contribution in [0.4, 0.5) is 0 Å². The highest BCUT2D eigenvalue weighted by atomic mass is 16.5. The molecule has 1 aromatic rings. The van der Waals surface area contributed by atoms with Gasteiger partial charge in [-0.25, -0.2) is 0 Å². The molecule has 0 aromatic heterocycles. The van der Waals surface area contributed by atoms with Crippen LogP contribution in [0.25, 0.3) is 0 Å². The molecule has 0 saturated heterocycles. The van der Waals surface area contributed by atoms with E-state index in [4.69, 9.17) is 9.47 Å². The number of nitrogens with zero attached hydrogens (tertiary/aromatic N) is 1. The van der Waals surface area contributed by atoms with E-state index < -0.39 is 0 Å². The van der Waals surface area contributed by atoms with E-state index in [0.717, 1.165) is 26.1 Å². The van der Waals surface area contributed by atoms with Gasteiger partial charge in [0, 0.05) is 13.0 Å². The Morgan fingerprint density at radius 2 is 2.10 bits per heavy atom. The van der Waals surface area contributed by atoms with Crippen LogP contribution in [0.15, 0.2) is 18.2 Å². The summed E-state index contributed by atoms with van der Waals surface area (Å²) in [6, 6.07) is 5.55. The number of carbonyl (C=O) groups is 1. The number of hydrogen-bond donors (Lipinski definition) is 0. The van der Waals surface area contributed by atoms with Gasteiger partial charge in [0.15, 0.2) is 5.78 Å². The fraction of sp³-hybridized carbons (Fsp3) is 0.562. The predicted molar refractivity (Wildman–Crippen MR) is 78.8 cm³/mol. The Hall–Kier alpha value is -1.55. The minimum Gasteiger partial charge on any atom is -0.493 e. The molecule has 1 aromatic carbocycles. The summed E-state index contributed by atoms with van der Waals surface area (Å²) in [7, 11) is 0. The summed E-state index contributed by atoms with van der Waals surface area (Å²) < 4.78 is 11.3. The van der Waals surface area contributed by atoms with Gasteiger partial charge in [-0.15, -0.1) is 0 Å². The normalized spacial score (nSPS) is 14.1. The van der Waals surface area contributed by atoms with Crippen LogP contribution in [0.3, 0.4) is 0 Å². The number of ether oxygens (including phenoxy) is 2. The molecule has 4 heteroatoms. The number of fused-ring (bicyclic) bond motifs is 1. The van der Waals surface area contributed by atoms with Crippen LogP contribution in [0.5, 0.6) is 11.5 Å². The number of benzene rings is 1. The van der Waals surface area contributed by atoms with Gasteiger partial charge in [0.1, 0.15) is 17.1 Å². The molecule has 110 valence electrons. The molecule has 0 N–H and O–H groups in total. The number of rotatable bonds is 7. The van der Waals surface area contributed by atoms with E-state index in [0.29, 0.717) is 36.7 Å². The first-order valence-corrected chi connectivity index (χ1v) is 7.40. The van der Waals surface area contributed by atoms with E-state index in [1.54, 1.807) is 0 Å². The Kier molecular flexibility index (Phi) is 5.41. The summed E-state index contributed by atoms with van der Waals surface area (Å²) in [6.07, 6.45) is 1.40. The highest BCUT2D eigenvalue weighted by molar-refractivity contribution is 6.02. The van der Waals surface area contributed by atoms with E-state index in [1.807, 2.05) is 18.2 Å². The summed E-state index contributed by atoms with van der Waals surface area (Å²) in [4.78, 5) is 14.3. The topological polar surface area (TPSA) is 38.8 Å². The van der Waals surface area contributed by atoms with Crippen molar-refractivity contribution in [3.63, 3.8) is 0 Å². The van der Waals surface area contributed by atoms with Crippen molar-refractivity contribution in [2.75, 3.05) is 32.8 Å². The summed E-state index contributed by atoms with van der Waals surface area (Å²) in [6.45, 7) is 8.55. The standard InChI is InChI=1S/C16H23NO3/c1-3-17(4-2)10-6-11-19-14-7-5-8-15-16(14)13(18)9-12-20-15/h5,7-8H,3-4,6,9-12H2,1-2H3. The summed E-state index contributed by atoms with van der Waals surface area (Å²) in [5, 5.41) is 0. The van der Waals surface area contributed by atoms with Gasteiger partial charge in [-0.05, 0) is 31.6 Å². The first-order valence-electron chi connectivity index (χ1n) is 7.40. The van der Waals surface area contributed by atoms with Crippen molar-refractivity contribution in [1.82, 2.24) is 4.90 Å². The van der Waals surface area contributed by atoms with Crippen molar-refractivity contribution >= 4 is 5.78 Å². The van der Waals surface area contributed by atoms with Crippen LogP contribution in [0, 0.1) is 0 Å². The molecule has 0 aliphatic carbocycles. The first-order chi connectivity index (χ1) is 9.76. The van der Waals surface area contributed by atoms with Crippen LogP contribution < -0.4 is 9.47 Å². The molecule has 0 amide bonds. The Balaban J connectivity index is 1.92.